The first-order chi connectivity index (χ1) is 8.47. The summed E-state index contributed by atoms with van der Waals surface area (Å²) in [6.45, 7) is -0.718. The molecule has 1 aromatic rings. The van der Waals surface area contributed by atoms with E-state index in [1.165, 1.54) is 12.1 Å². The second kappa shape index (κ2) is 6.26. The number of halogens is 3. The van der Waals surface area contributed by atoms with Gasteiger partial charge >= 0.3 is 6.18 Å². The summed E-state index contributed by atoms with van der Waals surface area (Å²) in [7, 11) is 0. The van der Waals surface area contributed by atoms with Gasteiger partial charge in [-0.1, -0.05) is 12.1 Å². The normalized spacial score (nSPS) is 12.8. The number of aliphatic hydroxyl groups excluding tert-OH is 1. The summed E-state index contributed by atoms with van der Waals surface area (Å²) in [5.41, 5.74) is 0.859. The molecule has 1 N–H and O–H groups in total. The summed E-state index contributed by atoms with van der Waals surface area (Å²) in [5.74, 6) is -1.86. The van der Waals surface area contributed by atoms with Crippen LogP contribution in [0.25, 0.3) is 0 Å². The largest absolute Gasteiger partial charge is 0.492 e. The van der Waals surface area contributed by atoms with Gasteiger partial charge in [0.05, 0.1) is 6.07 Å². The predicted molar refractivity (Wildman–Crippen MR) is 57.9 cm³/mol. The molecule has 3 nitrogen and oxygen atoms in total. The van der Waals surface area contributed by atoms with Gasteiger partial charge in [0.2, 0.25) is 0 Å². The second-order valence-corrected chi connectivity index (χ2v) is 3.65. The fraction of sp³-hybridized carbons (Fsp3) is 0.417. The number of nitriles is 1. The molecule has 0 amide bonds. The van der Waals surface area contributed by atoms with Gasteiger partial charge in [-0.15, -0.1) is 0 Å². The Labute approximate surface area is 102 Å². The van der Waals surface area contributed by atoms with E-state index in [1.54, 1.807) is 12.1 Å². The quantitative estimate of drug-likeness (QED) is 0.882. The van der Waals surface area contributed by atoms with Crippen LogP contribution in [-0.4, -0.2) is 24.5 Å². The Balaban J connectivity index is 2.56. The number of benzene rings is 1. The van der Waals surface area contributed by atoms with E-state index >= 15 is 0 Å². The predicted octanol–water partition coefficient (Wildman–Crippen LogP) is 2.30. The highest BCUT2D eigenvalue weighted by atomic mass is 19.4. The van der Waals surface area contributed by atoms with Gasteiger partial charge in [0.15, 0.2) is 5.92 Å². The fourth-order valence-electron chi connectivity index (χ4n) is 1.27. The fourth-order valence-corrected chi connectivity index (χ4v) is 1.27. The minimum atomic E-state index is -4.58. The first kappa shape index (κ1) is 14.3. The highest BCUT2D eigenvalue weighted by Gasteiger charge is 2.40. The molecule has 0 heterocycles. The number of nitrogens with zero attached hydrogens (tertiary/aromatic N) is 1. The van der Waals surface area contributed by atoms with Crippen LogP contribution in [0.5, 0.6) is 5.75 Å². The van der Waals surface area contributed by atoms with Crippen LogP contribution in [0.15, 0.2) is 24.3 Å². The molecule has 0 bridgehead atoms. The molecule has 0 aliphatic carbocycles. The Morgan fingerprint density at radius 2 is 1.89 bits per heavy atom. The molecule has 0 radical (unpaired) electrons. The van der Waals surface area contributed by atoms with E-state index in [4.69, 9.17) is 15.1 Å². The molecule has 0 aliphatic rings. The summed E-state index contributed by atoms with van der Waals surface area (Å²) in [6, 6.07) is 7.49. The molecule has 18 heavy (non-hydrogen) atoms. The van der Waals surface area contributed by atoms with Gasteiger partial charge in [0, 0.05) is 6.61 Å². The summed E-state index contributed by atoms with van der Waals surface area (Å²) in [5, 5.41) is 17.1. The zero-order chi connectivity index (χ0) is 13.6. The topological polar surface area (TPSA) is 53.2 Å². The lowest BCUT2D eigenvalue weighted by molar-refractivity contribution is -0.165. The van der Waals surface area contributed by atoms with E-state index in [2.05, 4.69) is 0 Å². The lowest BCUT2D eigenvalue weighted by Gasteiger charge is -2.14. The second-order valence-electron chi connectivity index (χ2n) is 3.65. The van der Waals surface area contributed by atoms with Gasteiger partial charge in [-0.3, -0.25) is 0 Å². The first-order valence-electron chi connectivity index (χ1n) is 5.26. The summed E-state index contributed by atoms with van der Waals surface area (Å²) >= 11 is 0. The van der Waals surface area contributed by atoms with Crippen molar-refractivity contribution in [2.24, 2.45) is 5.92 Å². The Kier molecular flexibility index (Phi) is 4.98. The van der Waals surface area contributed by atoms with Crippen molar-refractivity contribution in [2.75, 3.05) is 13.2 Å². The van der Waals surface area contributed by atoms with E-state index in [1.807, 2.05) is 0 Å². The summed E-state index contributed by atoms with van der Waals surface area (Å²) in [6.07, 6.45) is -4.10. The molecule has 0 saturated heterocycles. The van der Waals surface area contributed by atoms with Gasteiger partial charge in [-0.05, 0) is 24.1 Å². The minimum absolute atomic E-state index is 0.00475. The van der Waals surface area contributed by atoms with Crippen molar-refractivity contribution < 1.29 is 23.0 Å². The third-order valence-corrected chi connectivity index (χ3v) is 2.29. The molecule has 0 fully saturated rings. The van der Waals surface area contributed by atoms with Crippen LogP contribution in [0.2, 0.25) is 0 Å². The van der Waals surface area contributed by atoms with Gasteiger partial charge in [-0.25, -0.2) is 0 Å². The zero-order valence-electron chi connectivity index (χ0n) is 9.44. The van der Waals surface area contributed by atoms with Gasteiger partial charge in [0.1, 0.15) is 12.4 Å². The van der Waals surface area contributed by atoms with E-state index in [0.717, 1.165) is 11.6 Å². The minimum Gasteiger partial charge on any atom is -0.492 e. The molecular weight excluding hydrogens is 247 g/mol. The molecular formula is C12H12F3NO2. The van der Waals surface area contributed by atoms with Gasteiger partial charge in [0.25, 0.3) is 0 Å². The maximum atomic E-state index is 12.3. The van der Waals surface area contributed by atoms with Crippen molar-refractivity contribution in [1.29, 1.82) is 5.26 Å². The Bertz CT molecular complexity index is 409. The van der Waals surface area contributed by atoms with Crippen molar-refractivity contribution in [3.05, 3.63) is 29.8 Å². The third kappa shape index (κ3) is 4.26. The van der Waals surface area contributed by atoms with Crippen LogP contribution < -0.4 is 4.74 Å². The number of hydrogen-bond donors (Lipinski definition) is 1. The zero-order valence-corrected chi connectivity index (χ0v) is 9.44. The van der Waals surface area contributed by atoms with E-state index in [-0.39, 0.29) is 12.4 Å². The Hall–Kier alpha value is -1.74. The van der Waals surface area contributed by atoms with Crippen molar-refractivity contribution in [2.45, 2.75) is 12.6 Å². The lowest BCUT2D eigenvalue weighted by atomic mass is 10.1. The maximum Gasteiger partial charge on any atom is 0.407 e. The Morgan fingerprint density at radius 1 is 1.28 bits per heavy atom. The van der Waals surface area contributed by atoms with E-state index < -0.39 is 18.7 Å². The number of rotatable bonds is 5. The molecule has 98 valence electrons. The smallest absolute Gasteiger partial charge is 0.407 e. The number of hydrogen-bond acceptors (Lipinski definition) is 3. The van der Waals surface area contributed by atoms with Crippen LogP contribution in [0.3, 0.4) is 0 Å². The van der Waals surface area contributed by atoms with Gasteiger partial charge < -0.3 is 9.84 Å². The Morgan fingerprint density at radius 3 is 2.33 bits per heavy atom. The highest BCUT2D eigenvalue weighted by Crippen LogP contribution is 2.26. The molecule has 1 rings (SSSR count). The SMILES string of the molecule is N#CC(COc1ccc(CCO)cc1)C(F)(F)F. The van der Waals surface area contributed by atoms with Crippen LogP contribution in [0, 0.1) is 17.2 Å². The van der Waals surface area contributed by atoms with Crippen LogP contribution in [-0.2, 0) is 6.42 Å². The van der Waals surface area contributed by atoms with Crippen LogP contribution in [0.4, 0.5) is 13.2 Å². The summed E-state index contributed by atoms with van der Waals surface area (Å²) < 4.78 is 41.7. The molecule has 0 spiro atoms. The molecule has 6 heteroatoms. The molecule has 0 saturated carbocycles. The molecule has 1 atom stereocenters. The van der Waals surface area contributed by atoms with Gasteiger partial charge in [-0.2, -0.15) is 18.4 Å². The van der Waals surface area contributed by atoms with Crippen molar-refractivity contribution >= 4 is 0 Å². The summed E-state index contributed by atoms with van der Waals surface area (Å²) in [4.78, 5) is 0. The molecule has 1 aromatic carbocycles. The van der Waals surface area contributed by atoms with Crippen LogP contribution >= 0.6 is 0 Å². The van der Waals surface area contributed by atoms with E-state index in [9.17, 15) is 13.2 Å². The number of ether oxygens (including phenoxy) is 1. The number of alkyl halides is 3. The average molecular weight is 259 g/mol. The first-order valence-corrected chi connectivity index (χ1v) is 5.26. The van der Waals surface area contributed by atoms with Crippen molar-refractivity contribution in [3.8, 4) is 11.8 Å². The van der Waals surface area contributed by atoms with E-state index in [0.29, 0.717) is 6.42 Å². The monoisotopic (exact) mass is 259 g/mol. The maximum absolute atomic E-state index is 12.3. The van der Waals surface area contributed by atoms with Crippen molar-refractivity contribution in [3.63, 3.8) is 0 Å². The van der Waals surface area contributed by atoms with Crippen LogP contribution in [0.1, 0.15) is 5.56 Å². The molecule has 0 aliphatic heterocycles. The lowest BCUT2D eigenvalue weighted by Crippen LogP contribution is -2.27. The standard InChI is InChI=1S/C12H12F3NO2/c13-12(14,15)10(7-16)8-18-11-3-1-9(2-4-11)5-6-17/h1-4,10,17H,5-6,8H2. The highest BCUT2D eigenvalue weighted by molar-refractivity contribution is 5.27. The third-order valence-electron chi connectivity index (χ3n) is 2.29. The van der Waals surface area contributed by atoms with Crippen molar-refractivity contribution in [1.82, 2.24) is 0 Å². The number of aliphatic hydroxyl groups is 1. The molecule has 1 unspecified atom stereocenters. The molecule has 0 aromatic heterocycles. The average Bonchev–Trinajstić information content (AvgIpc) is 2.30.